The molecule has 1 aromatic heterocycles. The fraction of sp³-hybridized carbons (Fsp3) is 0.0870. The van der Waals surface area contributed by atoms with Crippen LogP contribution in [0.15, 0.2) is 77.6 Å². The maximum atomic E-state index is 12.7. The van der Waals surface area contributed by atoms with Crippen molar-refractivity contribution < 1.29 is 4.74 Å². The van der Waals surface area contributed by atoms with E-state index in [9.17, 15) is 4.79 Å². The maximum absolute atomic E-state index is 12.7. The van der Waals surface area contributed by atoms with Crippen molar-refractivity contribution in [2.45, 2.75) is 6.54 Å². The number of hydrogen-bond donors (Lipinski definition) is 0. The first-order valence-corrected chi connectivity index (χ1v) is 8.96. The molecule has 0 aliphatic heterocycles. The summed E-state index contributed by atoms with van der Waals surface area (Å²) in [4.78, 5) is 12.7. The molecule has 0 fully saturated rings. The molecule has 0 radical (unpaired) electrons. The normalized spacial score (nSPS) is 10.6. The Morgan fingerprint density at radius 2 is 1.41 bits per heavy atom. The molecule has 0 saturated carbocycles. The van der Waals surface area contributed by atoms with Crippen molar-refractivity contribution in [3.8, 4) is 17.6 Å². The molecule has 0 unspecified atom stereocenters. The molecule has 0 amide bonds. The number of aromatic nitrogens is 1. The van der Waals surface area contributed by atoms with Crippen LogP contribution in [-0.4, -0.2) is 11.2 Å². The number of rotatable bonds is 3. The van der Waals surface area contributed by atoms with Gasteiger partial charge in [-0.3, -0.25) is 4.79 Å². The van der Waals surface area contributed by atoms with Gasteiger partial charge in [0.05, 0.1) is 17.6 Å². The molecule has 0 atom stereocenters. The van der Waals surface area contributed by atoms with Crippen molar-refractivity contribution in [2.24, 2.45) is 0 Å². The van der Waals surface area contributed by atoms with Gasteiger partial charge in [-0.1, -0.05) is 47.7 Å². The third kappa shape index (κ3) is 3.53. The molecule has 0 N–H and O–H groups in total. The molecule has 0 bridgehead atoms. The number of benzene rings is 3. The molecule has 0 aliphatic rings. The summed E-state index contributed by atoms with van der Waals surface area (Å²) < 4.78 is 7.67. The Kier molecular flexibility index (Phi) is 4.82. The molecule has 0 saturated heterocycles. The summed E-state index contributed by atoms with van der Waals surface area (Å²) in [6, 6.07) is 22.4. The molecule has 4 aromatic rings. The number of halogens is 1. The second kappa shape index (κ2) is 7.57. The predicted octanol–water partition coefficient (Wildman–Crippen LogP) is 4.89. The SMILES string of the molecule is O=c1c2ccccc2n(CC#CCOc2ccc(Cl)cc2)c2ccccc12. The van der Waals surface area contributed by atoms with E-state index in [-0.39, 0.29) is 12.0 Å². The first kappa shape index (κ1) is 17.2. The third-order valence-corrected chi connectivity index (χ3v) is 4.62. The van der Waals surface area contributed by atoms with E-state index in [2.05, 4.69) is 16.4 Å². The lowest BCUT2D eigenvalue weighted by molar-refractivity contribution is 0.370. The van der Waals surface area contributed by atoms with Crippen molar-refractivity contribution in [3.05, 3.63) is 88.0 Å². The van der Waals surface area contributed by atoms with Gasteiger partial charge in [-0.25, -0.2) is 0 Å². The molecule has 0 spiro atoms. The van der Waals surface area contributed by atoms with E-state index < -0.39 is 0 Å². The molecule has 3 aromatic carbocycles. The number of pyridine rings is 1. The van der Waals surface area contributed by atoms with E-state index in [0.29, 0.717) is 22.3 Å². The molecular formula is C23H16ClNO2. The van der Waals surface area contributed by atoms with Crippen LogP contribution in [0.2, 0.25) is 5.02 Å². The first-order chi connectivity index (χ1) is 13.2. The van der Waals surface area contributed by atoms with Gasteiger partial charge in [-0.2, -0.15) is 0 Å². The topological polar surface area (TPSA) is 31.2 Å². The van der Waals surface area contributed by atoms with Gasteiger partial charge in [0.15, 0.2) is 5.43 Å². The lowest BCUT2D eigenvalue weighted by atomic mass is 10.1. The third-order valence-electron chi connectivity index (χ3n) is 4.37. The summed E-state index contributed by atoms with van der Waals surface area (Å²) in [6.45, 7) is 0.767. The average Bonchev–Trinajstić information content (AvgIpc) is 2.71. The maximum Gasteiger partial charge on any atom is 0.197 e. The highest BCUT2D eigenvalue weighted by molar-refractivity contribution is 6.30. The minimum absolute atomic E-state index is 0.0523. The van der Waals surface area contributed by atoms with Gasteiger partial charge < -0.3 is 9.30 Å². The lowest BCUT2D eigenvalue weighted by Gasteiger charge is -2.12. The van der Waals surface area contributed by atoms with Crippen LogP contribution in [0, 0.1) is 11.8 Å². The number of para-hydroxylation sites is 2. The Bertz CT molecular complexity index is 1170. The van der Waals surface area contributed by atoms with Crippen molar-refractivity contribution in [1.82, 2.24) is 4.57 Å². The van der Waals surface area contributed by atoms with Crippen LogP contribution >= 0.6 is 11.6 Å². The fourth-order valence-corrected chi connectivity index (χ4v) is 3.21. The molecule has 1 heterocycles. The molecule has 4 rings (SSSR count). The monoisotopic (exact) mass is 373 g/mol. The Morgan fingerprint density at radius 1 is 0.815 bits per heavy atom. The van der Waals surface area contributed by atoms with Crippen LogP contribution in [0.1, 0.15) is 0 Å². The van der Waals surface area contributed by atoms with E-state index in [1.165, 1.54) is 0 Å². The summed E-state index contributed by atoms with van der Waals surface area (Å²) in [5.74, 6) is 6.91. The highest BCUT2D eigenvalue weighted by Gasteiger charge is 2.08. The van der Waals surface area contributed by atoms with Crippen LogP contribution in [0.5, 0.6) is 5.75 Å². The molecule has 0 aliphatic carbocycles. The standard InChI is InChI=1S/C23H16ClNO2/c24-17-11-13-18(14-12-17)27-16-6-5-15-25-21-9-3-1-7-19(21)23(26)20-8-2-4-10-22(20)25/h1-4,7-14H,15-16H2. The van der Waals surface area contributed by atoms with Gasteiger partial charge in [-0.05, 0) is 48.5 Å². The van der Waals surface area contributed by atoms with Crippen molar-refractivity contribution in [3.63, 3.8) is 0 Å². The van der Waals surface area contributed by atoms with Crippen LogP contribution in [0.25, 0.3) is 21.8 Å². The Balaban J connectivity index is 1.63. The zero-order valence-corrected chi connectivity index (χ0v) is 15.2. The van der Waals surface area contributed by atoms with E-state index in [4.69, 9.17) is 16.3 Å². The van der Waals surface area contributed by atoms with Gasteiger partial charge >= 0.3 is 0 Å². The summed E-state index contributed by atoms with van der Waals surface area (Å²) >= 11 is 5.86. The number of nitrogens with zero attached hydrogens (tertiary/aromatic N) is 1. The van der Waals surface area contributed by atoms with Crippen LogP contribution in [-0.2, 0) is 6.54 Å². The largest absolute Gasteiger partial charge is 0.481 e. The first-order valence-electron chi connectivity index (χ1n) is 8.58. The summed E-state index contributed by atoms with van der Waals surface area (Å²) in [5, 5.41) is 2.08. The summed E-state index contributed by atoms with van der Waals surface area (Å²) in [7, 11) is 0. The second-order valence-corrected chi connectivity index (χ2v) is 6.48. The number of fused-ring (bicyclic) bond motifs is 2. The van der Waals surface area contributed by atoms with E-state index in [0.717, 1.165) is 16.8 Å². The quantitative estimate of drug-likeness (QED) is 0.378. The second-order valence-electron chi connectivity index (χ2n) is 6.05. The van der Waals surface area contributed by atoms with Crippen molar-refractivity contribution in [2.75, 3.05) is 6.61 Å². The predicted molar refractivity (Wildman–Crippen MR) is 110 cm³/mol. The summed E-state index contributed by atoms with van der Waals surface area (Å²) in [6.07, 6.45) is 0. The van der Waals surface area contributed by atoms with Crippen molar-refractivity contribution in [1.29, 1.82) is 0 Å². The van der Waals surface area contributed by atoms with E-state index in [1.807, 2.05) is 60.7 Å². The molecule has 27 heavy (non-hydrogen) atoms. The zero-order valence-electron chi connectivity index (χ0n) is 14.5. The van der Waals surface area contributed by atoms with Crippen LogP contribution < -0.4 is 10.2 Å². The Labute approximate surface area is 161 Å². The molecule has 132 valence electrons. The van der Waals surface area contributed by atoms with Crippen LogP contribution in [0.4, 0.5) is 0 Å². The Morgan fingerprint density at radius 3 is 2.04 bits per heavy atom. The smallest absolute Gasteiger partial charge is 0.197 e. The van der Waals surface area contributed by atoms with Gasteiger partial charge in [0.2, 0.25) is 0 Å². The minimum atomic E-state index is 0.0523. The summed E-state index contributed by atoms with van der Waals surface area (Å²) in [5.41, 5.74) is 1.82. The van der Waals surface area contributed by atoms with Gasteiger partial charge in [0, 0.05) is 15.8 Å². The van der Waals surface area contributed by atoms with Gasteiger partial charge in [-0.15, -0.1) is 0 Å². The highest BCUT2D eigenvalue weighted by Crippen LogP contribution is 2.19. The number of ether oxygens (including phenoxy) is 1. The minimum Gasteiger partial charge on any atom is -0.481 e. The number of hydrogen-bond acceptors (Lipinski definition) is 2. The molecular weight excluding hydrogens is 358 g/mol. The van der Waals surface area contributed by atoms with E-state index >= 15 is 0 Å². The molecule has 3 nitrogen and oxygen atoms in total. The fourth-order valence-electron chi connectivity index (χ4n) is 3.08. The van der Waals surface area contributed by atoms with Gasteiger partial charge in [0.25, 0.3) is 0 Å². The molecule has 4 heteroatoms. The zero-order chi connectivity index (χ0) is 18.6. The lowest BCUT2D eigenvalue weighted by Crippen LogP contribution is -2.11. The van der Waals surface area contributed by atoms with Crippen molar-refractivity contribution >= 4 is 33.4 Å². The van der Waals surface area contributed by atoms with Crippen LogP contribution in [0.3, 0.4) is 0 Å². The van der Waals surface area contributed by atoms with E-state index in [1.54, 1.807) is 12.1 Å². The highest BCUT2D eigenvalue weighted by atomic mass is 35.5. The van der Waals surface area contributed by atoms with Gasteiger partial charge in [0.1, 0.15) is 12.4 Å². The Hall–Kier alpha value is -3.22. The average molecular weight is 374 g/mol.